The van der Waals surface area contributed by atoms with Crippen LogP contribution >= 0.6 is 0 Å². The first-order valence-electron chi connectivity index (χ1n) is 5.03. The number of benzene rings is 1. The lowest BCUT2D eigenvalue weighted by molar-refractivity contribution is 0.562. The number of hydrogen-bond donors (Lipinski definition) is 1. The summed E-state index contributed by atoms with van der Waals surface area (Å²) in [5.41, 5.74) is 1.44. The van der Waals surface area contributed by atoms with Crippen molar-refractivity contribution in [3.63, 3.8) is 0 Å². The van der Waals surface area contributed by atoms with Crippen LogP contribution in [-0.4, -0.2) is 13.1 Å². The molecule has 2 rings (SSSR count). The van der Waals surface area contributed by atoms with Gasteiger partial charge in [0, 0.05) is 11.4 Å². The number of rotatable bonds is 3. The van der Waals surface area contributed by atoms with Crippen LogP contribution in [-0.2, 0) is 6.42 Å². The van der Waals surface area contributed by atoms with Crippen LogP contribution in [0.2, 0.25) is 0 Å². The van der Waals surface area contributed by atoms with Gasteiger partial charge in [0.25, 0.3) is 0 Å². The Labute approximate surface area is 88.1 Å². The molecule has 2 aromatic rings. The molecule has 0 aliphatic carbocycles. The van der Waals surface area contributed by atoms with Crippen molar-refractivity contribution in [1.29, 1.82) is 0 Å². The summed E-state index contributed by atoms with van der Waals surface area (Å²) in [6.07, 6.45) is 2.24. The number of nitrogens with one attached hydrogen (secondary N) is 1. The molecule has 80 valence electrons. The molecule has 0 bridgehead atoms. The minimum Gasteiger partial charge on any atom is -0.464 e. The molecule has 0 amide bonds. The molecule has 0 spiro atoms. The molecule has 2 nitrogen and oxygen atoms in total. The molecule has 0 aliphatic heterocycles. The van der Waals surface area contributed by atoms with E-state index in [1.807, 2.05) is 14.0 Å². The van der Waals surface area contributed by atoms with Crippen molar-refractivity contribution in [1.82, 2.24) is 5.32 Å². The standard InChI is InChI=1S/C12H14FNO/c1-8(14-2)5-10-7-12-9(3-4-15-12)6-11(10)13/h3-4,6-8,14H,5H2,1-2H3/t8-/m1/s1. The molecule has 0 saturated carbocycles. The SMILES string of the molecule is CN[C@H](C)Cc1cc2occc2cc1F. The van der Waals surface area contributed by atoms with Crippen LogP contribution in [0.5, 0.6) is 0 Å². The highest BCUT2D eigenvalue weighted by atomic mass is 19.1. The van der Waals surface area contributed by atoms with Gasteiger partial charge in [-0.2, -0.15) is 0 Å². The first-order chi connectivity index (χ1) is 7.20. The van der Waals surface area contributed by atoms with Crippen molar-refractivity contribution in [2.24, 2.45) is 0 Å². The van der Waals surface area contributed by atoms with Crippen molar-refractivity contribution >= 4 is 11.0 Å². The van der Waals surface area contributed by atoms with E-state index in [4.69, 9.17) is 4.42 Å². The van der Waals surface area contributed by atoms with Gasteiger partial charge in [-0.15, -0.1) is 0 Å². The molecule has 0 aliphatic rings. The molecule has 0 saturated heterocycles. The third-order valence-corrected chi connectivity index (χ3v) is 2.64. The largest absolute Gasteiger partial charge is 0.464 e. The van der Waals surface area contributed by atoms with Gasteiger partial charge in [0.15, 0.2) is 0 Å². The van der Waals surface area contributed by atoms with Gasteiger partial charge in [-0.25, -0.2) is 4.39 Å². The van der Waals surface area contributed by atoms with Gasteiger partial charge in [-0.1, -0.05) is 0 Å². The summed E-state index contributed by atoms with van der Waals surface area (Å²) in [5, 5.41) is 3.90. The van der Waals surface area contributed by atoms with Gasteiger partial charge in [0.1, 0.15) is 11.4 Å². The average molecular weight is 207 g/mol. The lowest BCUT2D eigenvalue weighted by Crippen LogP contribution is -2.23. The fourth-order valence-electron chi connectivity index (χ4n) is 1.61. The maximum Gasteiger partial charge on any atom is 0.134 e. The molecule has 0 fully saturated rings. The Morgan fingerprint density at radius 3 is 3.00 bits per heavy atom. The predicted molar refractivity (Wildman–Crippen MR) is 58.4 cm³/mol. The minimum absolute atomic E-state index is 0.161. The summed E-state index contributed by atoms with van der Waals surface area (Å²) in [7, 11) is 1.87. The normalized spacial score (nSPS) is 13.3. The second-order valence-electron chi connectivity index (χ2n) is 3.80. The first-order valence-corrected chi connectivity index (χ1v) is 5.03. The zero-order valence-electron chi connectivity index (χ0n) is 8.88. The maximum atomic E-state index is 13.6. The highest BCUT2D eigenvalue weighted by Crippen LogP contribution is 2.21. The molecule has 0 radical (unpaired) electrons. The van der Waals surface area contributed by atoms with Gasteiger partial charge >= 0.3 is 0 Å². The molecule has 1 atom stereocenters. The molecular formula is C12H14FNO. The molecule has 1 heterocycles. The van der Waals surface area contributed by atoms with E-state index in [0.717, 1.165) is 11.0 Å². The number of halogens is 1. The third-order valence-electron chi connectivity index (χ3n) is 2.64. The van der Waals surface area contributed by atoms with Gasteiger partial charge in [-0.3, -0.25) is 0 Å². The van der Waals surface area contributed by atoms with Crippen LogP contribution < -0.4 is 5.32 Å². The van der Waals surface area contributed by atoms with Crippen LogP contribution in [0.3, 0.4) is 0 Å². The van der Waals surface area contributed by atoms with E-state index >= 15 is 0 Å². The smallest absolute Gasteiger partial charge is 0.134 e. The zero-order valence-corrected chi connectivity index (χ0v) is 8.88. The fraction of sp³-hybridized carbons (Fsp3) is 0.333. The average Bonchev–Trinajstić information content (AvgIpc) is 2.65. The number of fused-ring (bicyclic) bond motifs is 1. The maximum absolute atomic E-state index is 13.6. The van der Waals surface area contributed by atoms with Crippen molar-refractivity contribution in [2.75, 3.05) is 7.05 Å². The summed E-state index contributed by atoms with van der Waals surface area (Å²) in [6, 6.07) is 5.32. The van der Waals surface area contributed by atoms with Crippen molar-refractivity contribution < 1.29 is 8.81 Å². The Morgan fingerprint density at radius 1 is 1.47 bits per heavy atom. The van der Waals surface area contributed by atoms with Gasteiger partial charge < -0.3 is 9.73 Å². The van der Waals surface area contributed by atoms with E-state index in [1.165, 1.54) is 6.07 Å². The van der Waals surface area contributed by atoms with Crippen LogP contribution in [0.25, 0.3) is 11.0 Å². The Morgan fingerprint density at radius 2 is 2.27 bits per heavy atom. The van der Waals surface area contributed by atoms with E-state index < -0.39 is 0 Å². The summed E-state index contributed by atoms with van der Waals surface area (Å²) in [4.78, 5) is 0. The Bertz CT molecular complexity index is 464. The van der Waals surface area contributed by atoms with E-state index in [-0.39, 0.29) is 11.9 Å². The topological polar surface area (TPSA) is 25.2 Å². The van der Waals surface area contributed by atoms with Crippen molar-refractivity contribution in [3.8, 4) is 0 Å². The molecule has 1 aromatic heterocycles. The van der Waals surface area contributed by atoms with E-state index in [1.54, 1.807) is 18.4 Å². The molecule has 1 aromatic carbocycles. The number of likely N-dealkylation sites (N-methyl/N-ethyl adjacent to an activating group) is 1. The van der Waals surface area contributed by atoms with E-state index in [0.29, 0.717) is 12.0 Å². The monoisotopic (exact) mass is 207 g/mol. The molecule has 15 heavy (non-hydrogen) atoms. The summed E-state index contributed by atoms with van der Waals surface area (Å²) in [6.45, 7) is 2.02. The van der Waals surface area contributed by atoms with Crippen LogP contribution in [0.4, 0.5) is 4.39 Å². The second kappa shape index (κ2) is 4.03. The van der Waals surface area contributed by atoms with Gasteiger partial charge in [0.2, 0.25) is 0 Å². The minimum atomic E-state index is -0.161. The Hall–Kier alpha value is -1.35. The quantitative estimate of drug-likeness (QED) is 0.837. The van der Waals surface area contributed by atoms with E-state index in [9.17, 15) is 4.39 Å². The van der Waals surface area contributed by atoms with Crippen LogP contribution in [0.15, 0.2) is 28.9 Å². The first kappa shape index (κ1) is 10.2. The fourth-order valence-corrected chi connectivity index (χ4v) is 1.61. The van der Waals surface area contributed by atoms with Crippen LogP contribution in [0, 0.1) is 5.82 Å². The Kier molecular flexibility index (Phi) is 2.73. The molecule has 3 heteroatoms. The lowest BCUT2D eigenvalue weighted by atomic mass is 10.1. The van der Waals surface area contributed by atoms with Crippen LogP contribution in [0.1, 0.15) is 12.5 Å². The summed E-state index contributed by atoms with van der Waals surface area (Å²) >= 11 is 0. The van der Waals surface area contributed by atoms with Gasteiger partial charge in [-0.05, 0) is 44.2 Å². The molecular weight excluding hydrogens is 193 g/mol. The number of furan rings is 1. The highest BCUT2D eigenvalue weighted by Gasteiger charge is 2.09. The second-order valence-corrected chi connectivity index (χ2v) is 3.80. The lowest BCUT2D eigenvalue weighted by Gasteiger charge is -2.10. The predicted octanol–water partition coefficient (Wildman–Crippen LogP) is 2.72. The third kappa shape index (κ3) is 2.02. The molecule has 0 unspecified atom stereocenters. The number of hydrogen-bond acceptors (Lipinski definition) is 2. The zero-order chi connectivity index (χ0) is 10.8. The summed E-state index contributed by atoms with van der Waals surface area (Å²) < 4.78 is 18.9. The van der Waals surface area contributed by atoms with Crippen molar-refractivity contribution in [2.45, 2.75) is 19.4 Å². The highest BCUT2D eigenvalue weighted by molar-refractivity contribution is 5.77. The van der Waals surface area contributed by atoms with Gasteiger partial charge in [0.05, 0.1) is 6.26 Å². The van der Waals surface area contributed by atoms with E-state index in [2.05, 4.69) is 5.32 Å². The molecule has 1 N–H and O–H groups in total. The van der Waals surface area contributed by atoms with Crippen molar-refractivity contribution in [3.05, 3.63) is 35.8 Å². The summed E-state index contributed by atoms with van der Waals surface area (Å²) in [5.74, 6) is -0.161. The Balaban J connectivity index is 2.37.